The highest BCUT2D eigenvalue weighted by Crippen LogP contribution is 2.38. The molecule has 0 saturated heterocycles. The Hall–Kier alpha value is -4.29. The van der Waals surface area contributed by atoms with Crippen molar-refractivity contribution in [3.63, 3.8) is 0 Å². The van der Waals surface area contributed by atoms with E-state index >= 15 is 0 Å². The molecule has 0 aliphatic carbocycles. The van der Waals surface area contributed by atoms with Gasteiger partial charge in [0.1, 0.15) is 22.9 Å². The fourth-order valence-electron chi connectivity index (χ4n) is 4.17. The molecule has 0 radical (unpaired) electrons. The van der Waals surface area contributed by atoms with Gasteiger partial charge in [-0.05, 0) is 37.3 Å². The van der Waals surface area contributed by atoms with Gasteiger partial charge in [-0.1, -0.05) is 29.8 Å². The third-order valence-corrected chi connectivity index (χ3v) is 7.59. The van der Waals surface area contributed by atoms with Crippen LogP contribution in [0.15, 0.2) is 60.8 Å². The number of rotatable bonds is 10. The number of ether oxygens (including phenoxy) is 3. The number of imidazole rings is 1. The quantitative estimate of drug-likeness (QED) is 0.233. The molecule has 0 atom stereocenters. The Morgan fingerprint density at radius 3 is 2.30 bits per heavy atom. The predicted octanol–water partition coefficient (Wildman–Crippen LogP) is 4.46. The monoisotopic (exact) mass is 580 g/mol. The van der Waals surface area contributed by atoms with Crippen LogP contribution in [0.1, 0.15) is 18.3 Å². The minimum absolute atomic E-state index is 0.0719. The number of nitrogens with zero attached hydrogens (tertiary/aromatic N) is 6. The summed E-state index contributed by atoms with van der Waals surface area (Å²) in [6, 6.07) is 15.7. The molecule has 206 valence electrons. The van der Waals surface area contributed by atoms with Gasteiger partial charge in [0.05, 0.1) is 43.7 Å². The molecule has 0 spiro atoms. The average molecular weight is 581 g/mol. The lowest BCUT2D eigenvalue weighted by molar-refractivity contribution is 0.327. The normalized spacial score (nSPS) is 11.5. The molecule has 0 saturated carbocycles. The lowest BCUT2D eigenvalue weighted by Crippen LogP contribution is -2.11. The number of fused-ring (bicyclic) bond motifs is 1. The van der Waals surface area contributed by atoms with Crippen molar-refractivity contribution in [2.24, 2.45) is 0 Å². The second-order valence-corrected chi connectivity index (χ2v) is 11.0. The fraction of sp³-hybridized carbons (Fsp3) is 0.222. The molecule has 0 unspecified atom stereocenters. The molecule has 0 aliphatic rings. The highest BCUT2D eigenvalue weighted by molar-refractivity contribution is 7.89. The van der Waals surface area contributed by atoms with E-state index in [0.717, 1.165) is 0 Å². The van der Waals surface area contributed by atoms with Crippen LogP contribution >= 0.6 is 11.6 Å². The molecule has 0 bridgehead atoms. The number of benzene rings is 1. The van der Waals surface area contributed by atoms with Crippen LogP contribution in [0, 0.1) is 0 Å². The van der Waals surface area contributed by atoms with E-state index in [0.29, 0.717) is 46.9 Å². The number of para-hydroxylation sites is 1. The van der Waals surface area contributed by atoms with E-state index in [1.54, 1.807) is 65.4 Å². The molecular weight excluding hydrogens is 556 g/mol. The average Bonchev–Trinajstić information content (AvgIpc) is 3.30. The van der Waals surface area contributed by atoms with Crippen LogP contribution in [-0.4, -0.2) is 58.7 Å². The van der Waals surface area contributed by atoms with Crippen molar-refractivity contribution in [1.82, 2.24) is 29.5 Å². The number of hydrogen-bond acceptors (Lipinski definition) is 10. The van der Waals surface area contributed by atoms with Crippen LogP contribution in [0.5, 0.6) is 17.4 Å². The lowest BCUT2D eigenvalue weighted by Gasteiger charge is -2.16. The molecule has 0 aliphatic heterocycles. The van der Waals surface area contributed by atoms with E-state index in [-0.39, 0.29) is 27.9 Å². The third kappa shape index (κ3) is 5.54. The smallest absolute Gasteiger partial charge is 0.213 e. The van der Waals surface area contributed by atoms with Gasteiger partial charge >= 0.3 is 0 Å². The summed E-state index contributed by atoms with van der Waals surface area (Å²) in [5.41, 5.74) is 1.85. The molecule has 13 heteroatoms. The highest BCUT2D eigenvalue weighted by Gasteiger charge is 2.26. The number of pyridine rings is 2. The van der Waals surface area contributed by atoms with Crippen LogP contribution in [0.4, 0.5) is 0 Å². The maximum Gasteiger partial charge on any atom is 0.213 e. The fourth-order valence-corrected chi connectivity index (χ4v) is 5.78. The number of hydrogen-bond donors (Lipinski definition) is 0. The summed E-state index contributed by atoms with van der Waals surface area (Å²) < 4.78 is 44.8. The van der Waals surface area contributed by atoms with Crippen molar-refractivity contribution < 1.29 is 22.6 Å². The molecule has 0 amide bonds. The van der Waals surface area contributed by atoms with Gasteiger partial charge in [0, 0.05) is 12.3 Å². The van der Waals surface area contributed by atoms with Crippen molar-refractivity contribution in [1.29, 1.82) is 0 Å². The summed E-state index contributed by atoms with van der Waals surface area (Å²) in [7, 11) is -0.635. The molecular formula is C27H25ClN6O5S. The Morgan fingerprint density at radius 2 is 1.62 bits per heavy atom. The van der Waals surface area contributed by atoms with E-state index in [1.165, 1.54) is 14.2 Å². The SMILES string of the molecule is CCOc1cccc(-c2nc3nc(Cl)c(CS(=O)(=O)Cc4ccccn4)nc3n2-c2c(OC)cccc2OC)n1. The summed E-state index contributed by atoms with van der Waals surface area (Å²) in [5.74, 6) is 0.953. The predicted molar refractivity (Wildman–Crippen MR) is 150 cm³/mol. The van der Waals surface area contributed by atoms with E-state index in [4.69, 9.17) is 30.8 Å². The Bertz CT molecular complexity index is 1760. The number of aromatic nitrogens is 6. The Balaban J connectivity index is 1.72. The molecule has 11 nitrogen and oxygen atoms in total. The molecule has 0 N–H and O–H groups in total. The van der Waals surface area contributed by atoms with E-state index in [2.05, 4.69) is 19.9 Å². The molecule has 5 aromatic rings. The van der Waals surface area contributed by atoms with E-state index < -0.39 is 15.6 Å². The zero-order valence-electron chi connectivity index (χ0n) is 21.9. The largest absolute Gasteiger partial charge is 0.494 e. The van der Waals surface area contributed by atoms with Crippen molar-refractivity contribution in [2.45, 2.75) is 18.4 Å². The maximum atomic E-state index is 13.1. The Kier molecular flexibility index (Phi) is 7.81. The van der Waals surface area contributed by atoms with Gasteiger partial charge < -0.3 is 14.2 Å². The first-order valence-corrected chi connectivity index (χ1v) is 14.4. The van der Waals surface area contributed by atoms with Gasteiger partial charge in [0.2, 0.25) is 5.88 Å². The molecule has 4 heterocycles. The first-order valence-electron chi connectivity index (χ1n) is 12.2. The second-order valence-electron chi connectivity index (χ2n) is 8.54. The van der Waals surface area contributed by atoms with Crippen LogP contribution in [0.3, 0.4) is 0 Å². The molecule has 4 aromatic heterocycles. The Morgan fingerprint density at radius 1 is 0.875 bits per heavy atom. The first kappa shape index (κ1) is 27.3. The van der Waals surface area contributed by atoms with Crippen LogP contribution in [0.25, 0.3) is 28.5 Å². The van der Waals surface area contributed by atoms with Crippen LogP contribution < -0.4 is 14.2 Å². The van der Waals surface area contributed by atoms with Gasteiger partial charge in [-0.3, -0.25) is 9.55 Å². The van der Waals surface area contributed by atoms with Gasteiger partial charge in [-0.15, -0.1) is 0 Å². The number of sulfone groups is 1. The number of methoxy groups -OCH3 is 2. The maximum absolute atomic E-state index is 13.1. The Labute approximate surface area is 235 Å². The zero-order chi connectivity index (χ0) is 28.3. The second kappa shape index (κ2) is 11.4. The van der Waals surface area contributed by atoms with Gasteiger partial charge in [-0.25, -0.2) is 28.4 Å². The standard InChI is InChI=1S/C27H25ClN6O5S/c1-4-39-22-13-7-10-18(30-22)26-33-25-27(34(26)23-20(37-2)11-8-12-21(23)38-3)31-19(24(28)32-25)16-40(35,36)15-17-9-5-6-14-29-17/h5-14H,4,15-16H2,1-3H3. The van der Waals surface area contributed by atoms with Crippen LogP contribution in [0.2, 0.25) is 5.15 Å². The van der Waals surface area contributed by atoms with Crippen LogP contribution in [-0.2, 0) is 21.3 Å². The van der Waals surface area contributed by atoms with Gasteiger partial charge in [0.15, 0.2) is 32.1 Å². The minimum Gasteiger partial charge on any atom is -0.494 e. The summed E-state index contributed by atoms with van der Waals surface area (Å²) in [6.07, 6.45) is 1.54. The van der Waals surface area contributed by atoms with E-state index in [1.807, 2.05) is 6.92 Å². The molecule has 40 heavy (non-hydrogen) atoms. The minimum atomic E-state index is -3.70. The molecule has 0 fully saturated rings. The molecule has 5 rings (SSSR count). The first-order chi connectivity index (χ1) is 19.3. The van der Waals surface area contributed by atoms with Crippen molar-refractivity contribution in [3.8, 4) is 34.6 Å². The van der Waals surface area contributed by atoms with Gasteiger partial charge in [0.25, 0.3) is 0 Å². The van der Waals surface area contributed by atoms with Gasteiger partial charge in [-0.2, -0.15) is 0 Å². The zero-order valence-corrected chi connectivity index (χ0v) is 23.5. The summed E-state index contributed by atoms with van der Waals surface area (Å²) in [5, 5.41) is -0.0729. The lowest BCUT2D eigenvalue weighted by atomic mass is 10.2. The van der Waals surface area contributed by atoms with Crippen molar-refractivity contribution >= 4 is 32.7 Å². The van der Waals surface area contributed by atoms with Crippen molar-refractivity contribution in [3.05, 3.63) is 77.3 Å². The third-order valence-electron chi connectivity index (χ3n) is 5.84. The van der Waals surface area contributed by atoms with Crippen molar-refractivity contribution in [2.75, 3.05) is 20.8 Å². The summed E-state index contributed by atoms with van der Waals surface area (Å²) in [6.45, 7) is 2.30. The summed E-state index contributed by atoms with van der Waals surface area (Å²) in [4.78, 5) is 22.5. The topological polar surface area (TPSA) is 131 Å². The molecule has 1 aromatic carbocycles. The summed E-state index contributed by atoms with van der Waals surface area (Å²) >= 11 is 6.46. The number of halogens is 1. The van der Waals surface area contributed by atoms with E-state index in [9.17, 15) is 8.42 Å². The highest BCUT2D eigenvalue weighted by atomic mass is 35.5.